The minimum absolute atomic E-state index is 0.0400. The minimum atomic E-state index is -0.420. The lowest BCUT2D eigenvalue weighted by molar-refractivity contribution is -0.151. The number of amides is 2. The third-order valence-corrected chi connectivity index (χ3v) is 4.95. The second-order valence-electron chi connectivity index (χ2n) is 6.81. The van der Waals surface area contributed by atoms with E-state index in [1.807, 2.05) is 0 Å². The van der Waals surface area contributed by atoms with E-state index in [0.29, 0.717) is 18.7 Å². The molecule has 0 aromatic heterocycles. The van der Waals surface area contributed by atoms with Crippen LogP contribution in [0.3, 0.4) is 0 Å². The summed E-state index contributed by atoms with van der Waals surface area (Å²) in [6, 6.07) is 6.09. The highest BCUT2D eigenvalue weighted by molar-refractivity contribution is 5.98. The van der Waals surface area contributed by atoms with Gasteiger partial charge in [-0.15, -0.1) is 0 Å². The van der Waals surface area contributed by atoms with Gasteiger partial charge in [0.2, 0.25) is 5.91 Å². The number of hydrogen-bond donors (Lipinski definition) is 1. The molecule has 27 heavy (non-hydrogen) atoms. The fourth-order valence-electron chi connectivity index (χ4n) is 3.60. The molecule has 6 nitrogen and oxygen atoms in total. The summed E-state index contributed by atoms with van der Waals surface area (Å²) in [4.78, 5) is 26.8. The van der Waals surface area contributed by atoms with Gasteiger partial charge >= 0.3 is 0 Å². The highest BCUT2D eigenvalue weighted by Gasteiger charge is 2.42. The summed E-state index contributed by atoms with van der Waals surface area (Å²) in [7, 11) is 1.56. The maximum atomic E-state index is 14.0. The molecule has 2 atom stereocenters. The van der Waals surface area contributed by atoms with Crippen molar-refractivity contribution in [2.75, 3.05) is 26.8 Å². The molecule has 0 spiro atoms. The highest BCUT2D eigenvalue weighted by atomic mass is 19.1. The number of fused-ring (bicyclic) bond motifs is 1. The van der Waals surface area contributed by atoms with Gasteiger partial charge in [0.1, 0.15) is 18.5 Å². The zero-order chi connectivity index (χ0) is 19.2. The number of rotatable bonds is 6. The van der Waals surface area contributed by atoms with Crippen molar-refractivity contribution in [3.63, 3.8) is 0 Å². The SMILES string of the molecule is COCCNC(=O)CN1C(=O)/C(=C/c2ccccc2F)OC2CCCCC21. The molecule has 0 radical (unpaired) electrons. The Labute approximate surface area is 158 Å². The molecule has 1 N–H and O–H groups in total. The van der Waals surface area contributed by atoms with Gasteiger partial charge in [-0.25, -0.2) is 4.39 Å². The standard InChI is InChI=1S/C20H25FN2O4/c1-26-11-10-22-19(24)13-23-16-8-4-5-9-17(16)27-18(20(23)25)12-14-6-2-3-7-15(14)21/h2-3,6-7,12,16-17H,4-5,8-11,13H2,1H3,(H,22,24)/b18-12-. The van der Waals surface area contributed by atoms with E-state index in [-0.39, 0.29) is 36.3 Å². The van der Waals surface area contributed by atoms with Crippen molar-refractivity contribution >= 4 is 17.9 Å². The van der Waals surface area contributed by atoms with E-state index in [1.54, 1.807) is 30.2 Å². The van der Waals surface area contributed by atoms with E-state index in [2.05, 4.69) is 5.32 Å². The van der Waals surface area contributed by atoms with E-state index in [0.717, 1.165) is 25.7 Å². The predicted octanol–water partition coefficient (Wildman–Crippen LogP) is 2.10. The van der Waals surface area contributed by atoms with Crippen LogP contribution in [-0.2, 0) is 19.1 Å². The molecule has 1 aromatic rings. The molecular formula is C20H25FN2O4. The second kappa shape index (κ2) is 8.99. The number of ether oxygens (including phenoxy) is 2. The summed E-state index contributed by atoms with van der Waals surface area (Å²) in [5, 5.41) is 2.74. The minimum Gasteiger partial charge on any atom is -0.482 e. The molecule has 1 aliphatic carbocycles. The Morgan fingerprint density at radius 1 is 1.37 bits per heavy atom. The fraction of sp³-hybridized carbons (Fsp3) is 0.500. The van der Waals surface area contributed by atoms with Gasteiger partial charge < -0.3 is 19.7 Å². The first-order chi connectivity index (χ1) is 13.1. The number of nitrogens with zero attached hydrogens (tertiary/aromatic N) is 1. The third kappa shape index (κ3) is 4.66. The van der Waals surface area contributed by atoms with E-state index in [4.69, 9.17) is 9.47 Å². The quantitative estimate of drug-likeness (QED) is 0.610. The van der Waals surface area contributed by atoms with Crippen molar-refractivity contribution in [3.05, 3.63) is 41.4 Å². The molecule has 3 rings (SSSR count). The molecule has 146 valence electrons. The van der Waals surface area contributed by atoms with Crippen LogP contribution in [0.2, 0.25) is 0 Å². The van der Waals surface area contributed by atoms with Crippen LogP contribution >= 0.6 is 0 Å². The fourth-order valence-corrected chi connectivity index (χ4v) is 3.60. The maximum absolute atomic E-state index is 14.0. The van der Waals surface area contributed by atoms with E-state index < -0.39 is 5.82 Å². The van der Waals surface area contributed by atoms with Crippen LogP contribution in [0.25, 0.3) is 6.08 Å². The summed E-state index contributed by atoms with van der Waals surface area (Å²) in [5.74, 6) is -0.941. The number of carbonyl (C=O) groups excluding carboxylic acids is 2. The van der Waals surface area contributed by atoms with E-state index in [9.17, 15) is 14.0 Å². The lowest BCUT2D eigenvalue weighted by Crippen LogP contribution is -2.57. The number of nitrogens with one attached hydrogen (secondary N) is 1. The van der Waals surface area contributed by atoms with Crippen molar-refractivity contribution in [2.24, 2.45) is 0 Å². The van der Waals surface area contributed by atoms with Crippen LogP contribution in [0.5, 0.6) is 0 Å². The van der Waals surface area contributed by atoms with Crippen LogP contribution in [0.15, 0.2) is 30.0 Å². The van der Waals surface area contributed by atoms with Crippen LogP contribution in [0.1, 0.15) is 31.2 Å². The predicted molar refractivity (Wildman–Crippen MR) is 98.1 cm³/mol. The van der Waals surface area contributed by atoms with Gasteiger partial charge in [-0.05, 0) is 31.4 Å². The van der Waals surface area contributed by atoms with Crippen LogP contribution in [-0.4, -0.2) is 55.7 Å². The normalized spacial score (nSPS) is 23.7. The molecule has 2 fully saturated rings. The molecule has 1 saturated heterocycles. The number of hydrogen-bond acceptors (Lipinski definition) is 4. The van der Waals surface area contributed by atoms with Gasteiger partial charge in [0.15, 0.2) is 5.76 Å². The molecule has 1 saturated carbocycles. The number of halogens is 1. The Balaban J connectivity index is 1.80. The Morgan fingerprint density at radius 2 is 2.15 bits per heavy atom. The summed E-state index contributed by atoms with van der Waals surface area (Å²) < 4.78 is 24.8. The molecule has 1 aliphatic heterocycles. The monoisotopic (exact) mass is 376 g/mol. The summed E-state index contributed by atoms with van der Waals surface area (Å²) >= 11 is 0. The number of carbonyl (C=O) groups is 2. The van der Waals surface area contributed by atoms with Crippen molar-refractivity contribution in [3.8, 4) is 0 Å². The molecule has 7 heteroatoms. The Kier molecular flexibility index (Phi) is 6.45. The van der Waals surface area contributed by atoms with Crippen LogP contribution in [0, 0.1) is 5.82 Å². The van der Waals surface area contributed by atoms with Gasteiger partial charge in [0, 0.05) is 19.2 Å². The molecule has 2 unspecified atom stereocenters. The largest absolute Gasteiger partial charge is 0.482 e. The first-order valence-corrected chi connectivity index (χ1v) is 9.29. The average molecular weight is 376 g/mol. The van der Waals surface area contributed by atoms with E-state index >= 15 is 0 Å². The average Bonchev–Trinajstić information content (AvgIpc) is 2.67. The van der Waals surface area contributed by atoms with Crippen LogP contribution < -0.4 is 5.32 Å². The van der Waals surface area contributed by atoms with Crippen molar-refractivity contribution in [2.45, 2.75) is 37.8 Å². The first-order valence-electron chi connectivity index (χ1n) is 9.29. The number of methoxy groups -OCH3 is 1. The molecule has 1 aromatic carbocycles. The Morgan fingerprint density at radius 3 is 2.93 bits per heavy atom. The van der Waals surface area contributed by atoms with Crippen molar-refractivity contribution in [1.82, 2.24) is 10.2 Å². The molecule has 2 aliphatic rings. The van der Waals surface area contributed by atoms with Crippen LogP contribution in [0.4, 0.5) is 4.39 Å². The van der Waals surface area contributed by atoms with Crippen molar-refractivity contribution < 1.29 is 23.5 Å². The van der Waals surface area contributed by atoms with Gasteiger partial charge in [-0.2, -0.15) is 0 Å². The van der Waals surface area contributed by atoms with Gasteiger partial charge in [-0.3, -0.25) is 9.59 Å². The molecule has 1 heterocycles. The van der Waals surface area contributed by atoms with E-state index in [1.165, 1.54) is 12.1 Å². The molecule has 0 bridgehead atoms. The van der Waals surface area contributed by atoms with Crippen molar-refractivity contribution in [1.29, 1.82) is 0 Å². The molecule has 2 amide bonds. The van der Waals surface area contributed by atoms with Gasteiger partial charge in [-0.1, -0.05) is 24.6 Å². The third-order valence-electron chi connectivity index (χ3n) is 4.95. The lowest BCUT2D eigenvalue weighted by Gasteiger charge is -2.44. The summed E-state index contributed by atoms with van der Waals surface area (Å²) in [6.45, 7) is 0.759. The molecular weight excluding hydrogens is 351 g/mol. The second-order valence-corrected chi connectivity index (χ2v) is 6.81. The van der Waals surface area contributed by atoms with Gasteiger partial charge in [0.25, 0.3) is 5.91 Å². The summed E-state index contributed by atoms with van der Waals surface area (Å²) in [5.41, 5.74) is 0.291. The summed E-state index contributed by atoms with van der Waals surface area (Å²) in [6.07, 6.45) is 4.88. The Bertz CT molecular complexity index is 722. The van der Waals surface area contributed by atoms with Gasteiger partial charge in [0.05, 0.1) is 12.6 Å². The Hall–Kier alpha value is -2.41. The topological polar surface area (TPSA) is 67.9 Å². The number of benzene rings is 1. The zero-order valence-corrected chi connectivity index (χ0v) is 15.4. The zero-order valence-electron chi connectivity index (χ0n) is 15.4. The maximum Gasteiger partial charge on any atom is 0.289 e. The smallest absolute Gasteiger partial charge is 0.289 e. The highest BCUT2D eigenvalue weighted by Crippen LogP contribution is 2.33. The number of morpholine rings is 1. The lowest BCUT2D eigenvalue weighted by atomic mass is 9.89. The first kappa shape index (κ1) is 19.4.